The van der Waals surface area contributed by atoms with E-state index in [1.165, 1.54) is 4.90 Å². The molecule has 8 nitrogen and oxygen atoms in total. The molecular formula is C22H25F5N8. The number of alkyl halides is 5. The molecule has 0 aliphatic carbocycles. The van der Waals surface area contributed by atoms with Crippen molar-refractivity contribution >= 4 is 18.5 Å². The lowest BCUT2D eigenvalue weighted by Gasteiger charge is -2.39. The van der Waals surface area contributed by atoms with Gasteiger partial charge in [-0.1, -0.05) is 0 Å². The van der Waals surface area contributed by atoms with Gasteiger partial charge in [-0.05, 0) is 50.2 Å². The topological polar surface area (TPSA) is 84.8 Å². The fraction of sp³-hybridized carbons (Fsp3) is 0.455. The summed E-state index contributed by atoms with van der Waals surface area (Å²) in [6.07, 6.45) is 3.18. The normalized spacial score (nSPS) is 21.2. The fourth-order valence-corrected chi connectivity index (χ4v) is 4.02. The number of anilines is 1. The first-order valence-electron chi connectivity index (χ1n) is 11.0. The lowest BCUT2D eigenvalue weighted by atomic mass is 10.1. The smallest absolute Gasteiger partial charge is 0.348 e. The van der Waals surface area contributed by atoms with Crippen molar-refractivity contribution in [3.8, 4) is 0 Å². The number of aliphatic imine (C=N–C) groups is 2. The molecule has 0 saturated carbocycles. The minimum atomic E-state index is -4.54. The summed E-state index contributed by atoms with van der Waals surface area (Å²) in [6.45, 7) is 4.67. The number of halogens is 5. The quantitative estimate of drug-likeness (QED) is 0.344. The molecule has 1 atom stereocenters. The molecule has 2 aliphatic heterocycles. The molecule has 0 bridgehead atoms. The molecule has 0 amide bonds. The molecule has 0 aromatic carbocycles. The number of allylic oxidation sites excluding steroid dienone is 1. The number of aromatic amines is 1. The van der Waals surface area contributed by atoms with Gasteiger partial charge >= 0.3 is 6.18 Å². The average molecular weight is 496 g/mol. The maximum absolute atomic E-state index is 13.3. The van der Waals surface area contributed by atoms with Crippen molar-refractivity contribution in [3.63, 3.8) is 0 Å². The molecule has 2 aromatic heterocycles. The number of likely N-dealkylation sites (tertiary alicyclic amines) is 2. The highest BCUT2D eigenvalue weighted by atomic mass is 19.4. The molecule has 0 spiro atoms. The van der Waals surface area contributed by atoms with E-state index in [0.29, 0.717) is 13.0 Å². The predicted molar refractivity (Wildman–Crippen MR) is 121 cm³/mol. The Morgan fingerprint density at radius 3 is 2.74 bits per heavy atom. The molecule has 1 unspecified atom stereocenters. The van der Waals surface area contributed by atoms with Crippen LogP contribution in [0.1, 0.15) is 24.2 Å². The van der Waals surface area contributed by atoms with Crippen LogP contribution in [0.25, 0.3) is 0 Å². The summed E-state index contributed by atoms with van der Waals surface area (Å²) in [6, 6.07) is 1.73. The number of imidazole rings is 1. The van der Waals surface area contributed by atoms with Crippen LogP contribution in [0.15, 0.2) is 52.6 Å². The second kappa shape index (κ2) is 10.1. The highest BCUT2D eigenvalue weighted by Gasteiger charge is 2.45. The number of aromatic nitrogens is 3. The summed E-state index contributed by atoms with van der Waals surface area (Å²) in [7, 11) is 0. The van der Waals surface area contributed by atoms with E-state index >= 15 is 0 Å². The summed E-state index contributed by atoms with van der Waals surface area (Å²) < 4.78 is 66.0. The molecule has 2 saturated heterocycles. The minimum Gasteiger partial charge on any atom is -0.348 e. The van der Waals surface area contributed by atoms with Crippen LogP contribution in [-0.2, 0) is 12.7 Å². The Morgan fingerprint density at radius 2 is 2.09 bits per heavy atom. The Hall–Kier alpha value is -3.35. The van der Waals surface area contributed by atoms with Crippen molar-refractivity contribution in [1.82, 2.24) is 24.8 Å². The van der Waals surface area contributed by atoms with Crippen molar-refractivity contribution in [3.05, 3.63) is 54.0 Å². The van der Waals surface area contributed by atoms with Gasteiger partial charge in [0.25, 0.3) is 5.92 Å². The summed E-state index contributed by atoms with van der Waals surface area (Å²) in [5, 5.41) is 2.78. The van der Waals surface area contributed by atoms with Crippen LogP contribution < -0.4 is 5.32 Å². The molecule has 2 aromatic rings. The number of hydrogen-bond acceptors (Lipinski definition) is 5. The van der Waals surface area contributed by atoms with Crippen molar-refractivity contribution in [2.75, 3.05) is 31.5 Å². The lowest BCUT2D eigenvalue weighted by Crippen LogP contribution is -2.58. The van der Waals surface area contributed by atoms with E-state index in [0.717, 1.165) is 43.7 Å². The second-order valence-corrected chi connectivity index (χ2v) is 8.59. The maximum Gasteiger partial charge on any atom is 0.416 e. The summed E-state index contributed by atoms with van der Waals surface area (Å²) in [5.41, 5.74) is -0.868. The third-order valence-corrected chi connectivity index (χ3v) is 5.78. The Morgan fingerprint density at radius 1 is 1.29 bits per heavy atom. The van der Waals surface area contributed by atoms with Gasteiger partial charge in [-0.2, -0.15) is 18.2 Å². The predicted octanol–water partition coefficient (Wildman–Crippen LogP) is 4.00. The third-order valence-electron chi connectivity index (χ3n) is 5.78. The highest BCUT2D eigenvalue weighted by Crippen LogP contribution is 2.31. The molecule has 188 valence electrons. The number of pyridine rings is 1. The Bertz CT molecular complexity index is 1070. The molecule has 4 rings (SSSR count). The largest absolute Gasteiger partial charge is 0.416 e. The molecule has 2 fully saturated rings. The molecule has 2 aliphatic rings. The van der Waals surface area contributed by atoms with Crippen LogP contribution >= 0.6 is 0 Å². The SMILES string of the molecule is C=NC(=N/C(=C\CC1CCN(Cc2ncc[nH]2)C1)Nc1cc(C(F)(F)F)ccn1)N1CC(F)(F)C1. The molecular weight excluding hydrogens is 471 g/mol. The number of H-pyrrole nitrogens is 1. The van der Waals surface area contributed by atoms with Crippen LogP contribution in [-0.4, -0.2) is 69.5 Å². The zero-order valence-corrected chi connectivity index (χ0v) is 18.8. The van der Waals surface area contributed by atoms with E-state index in [2.05, 4.69) is 41.9 Å². The maximum atomic E-state index is 13.3. The molecule has 0 radical (unpaired) electrons. The van der Waals surface area contributed by atoms with Crippen LogP contribution in [0.5, 0.6) is 0 Å². The van der Waals surface area contributed by atoms with Gasteiger partial charge in [-0.15, -0.1) is 0 Å². The first-order valence-corrected chi connectivity index (χ1v) is 11.0. The lowest BCUT2D eigenvalue weighted by molar-refractivity contribution is -0.137. The van der Waals surface area contributed by atoms with Gasteiger partial charge in [0.1, 0.15) is 17.5 Å². The Kier molecular flexibility index (Phi) is 7.15. The average Bonchev–Trinajstić information content (AvgIpc) is 3.46. The van der Waals surface area contributed by atoms with Crippen molar-refractivity contribution in [2.45, 2.75) is 31.5 Å². The monoisotopic (exact) mass is 496 g/mol. The standard InChI is InChI=1S/C22H25F5N8/c1-28-20(35-13-21(23,24)14-35)33-17(32-18-10-16(4-6-29-18)22(25,26)27)3-2-15-5-9-34(11-15)12-19-30-7-8-31-19/h3-4,6-8,10,15H,1-2,5,9,11-14H2,(H,29,32)(H,30,31)/b17-3-,33-20?. The van der Waals surface area contributed by atoms with Gasteiger partial charge in [0.2, 0.25) is 5.96 Å². The van der Waals surface area contributed by atoms with Gasteiger partial charge in [0.05, 0.1) is 25.2 Å². The molecule has 4 heterocycles. The van der Waals surface area contributed by atoms with E-state index in [4.69, 9.17) is 0 Å². The van der Waals surface area contributed by atoms with E-state index in [1.54, 1.807) is 18.5 Å². The second-order valence-electron chi connectivity index (χ2n) is 8.59. The van der Waals surface area contributed by atoms with Gasteiger partial charge in [0.15, 0.2) is 0 Å². The highest BCUT2D eigenvalue weighted by molar-refractivity contribution is 5.86. The summed E-state index contributed by atoms with van der Waals surface area (Å²) >= 11 is 0. The van der Waals surface area contributed by atoms with E-state index in [-0.39, 0.29) is 23.5 Å². The third kappa shape index (κ3) is 6.62. The zero-order valence-electron chi connectivity index (χ0n) is 18.8. The van der Waals surface area contributed by atoms with E-state index in [9.17, 15) is 22.0 Å². The van der Waals surface area contributed by atoms with E-state index < -0.39 is 30.8 Å². The van der Waals surface area contributed by atoms with Crippen molar-refractivity contribution in [1.29, 1.82) is 0 Å². The first kappa shape index (κ1) is 24.8. The van der Waals surface area contributed by atoms with Gasteiger partial charge in [-0.3, -0.25) is 4.90 Å². The number of nitrogens with one attached hydrogen (secondary N) is 2. The van der Waals surface area contributed by atoms with Gasteiger partial charge in [-0.25, -0.2) is 23.7 Å². The summed E-state index contributed by atoms with van der Waals surface area (Å²) in [5.74, 6) is -1.63. The molecule has 2 N–H and O–H groups in total. The minimum absolute atomic E-state index is 0.0347. The Labute approximate surface area is 198 Å². The van der Waals surface area contributed by atoms with Crippen molar-refractivity contribution < 1.29 is 22.0 Å². The van der Waals surface area contributed by atoms with Gasteiger partial charge < -0.3 is 15.2 Å². The number of guanidine groups is 1. The van der Waals surface area contributed by atoms with Crippen LogP contribution in [0.3, 0.4) is 0 Å². The summed E-state index contributed by atoms with van der Waals surface area (Å²) in [4.78, 5) is 22.8. The van der Waals surface area contributed by atoms with Crippen LogP contribution in [0.4, 0.5) is 27.8 Å². The Balaban J connectivity index is 1.49. The molecule has 13 heteroatoms. The molecule has 35 heavy (non-hydrogen) atoms. The first-order chi connectivity index (χ1) is 16.6. The van der Waals surface area contributed by atoms with Gasteiger partial charge in [0, 0.05) is 25.1 Å². The van der Waals surface area contributed by atoms with Crippen molar-refractivity contribution in [2.24, 2.45) is 15.9 Å². The van der Waals surface area contributed by atoms with Crippen LogP contribution in [0.2, 0.25) is 0 Å². The fourth-order valence-electron chi connectivity index (χ4n) is 4.02. The van der Waals surface area contributed by atoms with E-state index in [1.807, 2.05) is 0 Å². The zero-order chi connectivity index (χ0) is 25.1. The number of nitrogens with zero attached hydrogens (tertiary/aromatic N) is 6. The number of hydrogen-bond donors (Lipinski definition) is 2. The number of rotatable bonds is 7. The van der Waals surface area contributed by atoms with Crippen LogP contribution in [0, 0.1) is 5.92 Å².